The van der Waals surface area contributed by atoms with Crippen LogP contribution in [0.3, 0.4) is 0 Å². The maximum atomic E-state index is 13.4. The van der Waals surface area contributed by atoms with Crippen LogP contribution in [0.4, 0.5) is 4.39 Å². The number of ether oxygens (including phenoxy) is 1. The molecule has 6 heteroatoms. The molecule has 0 saturated carbocycles. The molecule has 1 atom stereocenters. The number of carbonyl (C=O) groups excluding carboxylic acids is 2. The Morgan fingerprint density at radius 1 is 0.938 bits per heavy atom. The topological polar surface area (TPSA) is 58.6 Å². The summed E-state index contributed by atoms with van der Waals surface area (Å²) in [5.74, 6) is -0.397. The van der Waals surface area contributed by atoms with Gasteiger partial charge in [-0.15, -0.1) is 0 Å². The monoisotopic (exact) mass is 434 g/mol. The molecule has 0 saturated heterocycles. The van der Waals surface area contributed by atoms with Gasteiger partial charge in [-0.2, -0.15) is 0 Å². The number of aryl methyl sites for hydroxylation is 1. The number of halogens is 1. The Hall–Kier alpha value is -3.67. The molecule has 166 valence electrons. The highest BCUT2D eigenvalue weighted by Gasteiger charge is 2.30. The molecule has 5 nitrogen and oxygen atoms in total. The van der Waals surface area contributed by atoms with Gasteiger partial charge in [-0.1, -0.05) is 60.2 Å². The van der Waals surface area contributed by atoms with Crippen molar-refractivity contribution in [1.29, 1.82) is 0 Å². The zero-order chi connectivity index (χ0) is 22.9. The Kier molecular flexibility index (Phi) is 7.97. The predicted octanol–water partition coefficient (Wildman–Crippen LogP) is 3.90. The smallest absolute Gasteiger partial charge is 0.261 e. The molecule has 0 aliphatic heterocycles. The first-order valence-electron chi connectivity index (χ1n) is 10.4. The van der Waals surface area contributed by atoms with Crippen molar-refractivity contribution in [3.63, 3.8) is 0 Å². The summed E-state index contributed by atoms with van der Waals surface area (Å²) in [6.07, 6.45) is 0.345. The minimum absolute atomic E-state index is 0.154. The Morgan fingerprint density at radius 2 is 1.59 bits per heavy atom. The van der Waals surface area contributed by atoms with Crippen molar-refractivity contribution in [1.82, 2.24) is 10.2 Å². The quantitative estimate of drug-likeness (QED) is 0.556. The van der Waals surface area contributed by atoms with Crippen molar-refractivity contribution in [2.75, 3.05) is 13.7 Å². The largest absolute Gasteiger partial charge is 0.484 e. The Morgan fingerprint density at radius 3 is 2.22 bits per heavy atom. The normalized spacial score (nSPS) is 11.5. The first kappa shape index (κ1) is 23.0. The average molecular weight is 435 g/mol. The number of nitrogens with zero attached hydrogens (tertiary/aromatic N) is 1. The summed E-state index contributed by atoms with van der Waals surface area (Å²) in [5, 5.41) is 2.66. The molecule has 0 aliphatic carbocycles. The van der Waals surface area contributed by atoms with Gasteiger partial charge in [0.15, 0.2) is 6.61 Å². The van der Waals surface area contributed by atoms with E-state index in [1.807, 2.05) is 49.4 Å². The van der Waals surface area contributed by atoms with E-state index in [1.54, 1.807) is 31.3 Å². The lowest BCUT2D eigenvalue weighted by atomic mass is 10.0. The van der Waals surface area contributed by atoms with Gasteiger partial charge in [0, 0.05) is 20.0 Å². The Balaban J connectivity index is 1.85. The van der Waals surface area contributed by atoms with E-state index in [4.69, 9.17) is 4.74 Å². The summed E-state index contributed by atoms with van der Waals surface area (Å²) in [6.45, 7) is 1.91. The van der Waals surface area contributed by atoms with Crippen molar-refractivity contribution in [2.24, 2.45) is 0 Å². The lowest BCUT2D eigenvalue weighted by Gasteiger charge is -2.31. The molecule has 0 spiro atoms. The number of hydrogen-bond acceptors (Lipinski definition) is 3. The van der Waals surface area contributed by atoms with Crippen LogP contribution in [0.25, 0.3) is 0 Å². The summed E-state index contributed by atoms with van der Waals surface area (Å²) >= 11 is 0. The highest BCUT2D eigenvalue weighted by molar-refractivity contribution is 5.88. The Labute approximate surface area is 187 Å². The molecule has 32 heavy (non-hydrogen) atoms. The first-order chi connectivity index (χ1) is 15.5. The summed E-state index contributed by atoms with van der Waals surface area (Å²) in [7, 11) is 1.55. The molecule has 0 bridgehead atoms. The van der Waals surface area contributed by atoms with Crippen LogP contribution in [-0.4, -0.2) is 36.4 Å². The van der Waals surface area contributed by atoms with Crippen molar-refractivity contribution >= 4 is 11.8 Å². The fourth-order valence-electron chi connectivity index (χ4n) is 3.37. The minimum Gasteiger partial charge on any atom is -0.484 e. The van der Waals surface area contributed by atoms with Gasteiger partial charge in [-0.3, -0.25) is 9.59 Å². The van der Waals surface area contributed by atoms with E-state index in [0.717, 1.165) is 16.7 Å². The van der Waals surface area contributed by atoms with E-state index >= 15 is 0 Å². The molecule has 1 N–H and O–H groups in total. The van der Waals surface area contributed by atoms with Crippen LogP contribution >= 0.6 is 0 Å². The van der Waals surface area contributed by atoms with Gasteiger partial charge in [0.25, 0.3) is 5.91 Å². The zero-order valence-electron chi connectivity index (χ0n) is 18.3. The lowest BCUT2D eigenvalue weighted by Crippen LogP contribution is -2.51. The standard InChI is InChI=1S/C26H27FN2O3/c1-19-8-14-23(15-9-19)32-18-25(30)29(17-21-10-12-22(27)13-11-21)24(26(31)28-2)16-20-6-4-3-5-7-20/h3-15,24H,16-18H2,1-2H3,(H,28,31). The van der Waals surface area contributed by atoms with Crippen molar-refractivity contribution < 1.29 is 18.7 Å². The molecule has 0 aromatic heterocycles. The number of likely N-dealkylation sites (N-methyl/N-ethyl adjacent to an activating group) is 1. The highest BCUT2D eigenvalue weighted by Crippen LogP contribution is 2.17. The van der Waals surface area contributed by atoms with Crippen LogP contribution in [0.5, 0.6) is 5.75 Å². The number of amides is 2. The molecule has 3 rings (SSSR count). The molecular weight excluding hydrogens is 407 g/mol. The molecule has 0 radical (unpaired) electrons. The van der Waals surface area contributed by atoms with E-state index in [0.29, 0.717) is 12.2 Å². The number of nitrogens with one attached hydrogen (secondary N) is 1. The second kappa shape index (κ2) is 11.1. The van der Waals surface area contributed by atoms with Gasteiger partial charge in [-0.25, -0.2) is 4.39 Å². The second-order valence-corrected chi connectivity index (χ2v) is 7.57. The van der Waals surface area contributed by atoms with Crippen molar-refractivity contribution in [2.45, 2.75) is 25.9 Å². The molecule has 3 aromatic carbocycles. The highest BCUT2D eigenvalue weighted by atomic mass is 19.1. The molecule has 0 aliphatic rings. The van der Waals surface area contributed by atoms with E-state index in [9.17, 15) is 14.0 Å². The van der Waals surface area contributed by atoms with E-state index in [1.165, 1.54) is 17.0 Å². The van der Waals surface area contributed by atoms with E-state index < -0.39 is 6.04 Å². The Bertz CT molecular complexity index is 1020. The number of benzene rings is 3. The van der Waals surface area contributed by atoms with Crippen LogP contribution in [-0.2, 0) is 22.6 Å². The molecule has 3 aromatic rings. The molecule has 2 amide bonds. The van der Waals surface area contributed by atoms with Gasteiger partial charge in [0.1, 0.15) is 17.6 Å². The lowest BCUT2D eigenvalue weighted by molar-refractivity contribution is -0.142. The van der Waals surface area contributed by atoms with Crippen LogP contribution in [0.1, 0.15) is 16.7 Å². The second-order valence-electron chi connectivity index (χ2n) is 7.57. The van der Waals surface area contributed by atoms with Crippen LogP contribution in [0, 0.1) is 12.7 Å². The minimum atomic E-state index is -0.749. The van der Waals surface area contributed by atoms with Crippen LogP contribution in [0.2, 0.25) is 0 Å². The van der Waals surface area contributed by atoms with Gasteiger partial charge in [-0.05, 0) is 42.3 Å². The number of rotatable bonds is 9. The van der Waals surface area contributed by atoms with E-state index in [2.05, 4.69) is 5.32 Å². The van der Waals surface area contributed by atoms with Crippen molar-refractivity contribution in [3.8, 4) is 5.75 Å². The maximum Gasteiger partial charge on any atom is 0.261 e. The third kappa shape index (κ3) is 6.41. The molecular formula is C26H27FN2O3. The van der Waals surface area contributed by atoms with Gasteiger partial charge >= 0.3 is 0 Å². The maximum absolute atomic E-state index is 13.4. The number of carbonyl (C=O) groups is 2. The molecule has 0 heterocycles. The summed E-state index contributed by atoms with van der Waals surface area (Å²) in [4.78, 5) is 27.6. The fraction of sp³-hybridized carbons (Fsp3) is 0.231. The average Bonchev–Trinajstić information content (AvgIpc) is 2.82. The summed E-state index contributed by atoms with van der Waals surface area (Å²) in [5.41, 5.74) is 2.73. The summed E-state index contributed by atoms with van der Waals surface area (Å²) < 4.78 is 19.1. The van der Waals surface area contributed by atoms with Crippen LogP contribution in [0.15, 0.2) is 78.9 Å². The summed E-state index contributed by atoms with van der Waals surface area (Å²) in [6, 6.07) is 22.1. The van der Waals surface area contributed by atoms with Crippen molar-refractivity contribution in [3.05, 3.63) is 101 Å². The van der Waals surface area contributed by atoms with Crippen LogP contribution < -0.4 is 10.1 Å². The van der Waals surface area contributed by atoms with Gasteiger partial charge < -0.3 is 15.0 Å². The predicted molar refractivity (Wildman–Crippen MR) is 122 cm³/mol. The van der Waals surface area contributed by atoms with E-state index in [-0.39, 0.29) is 30.8 Å². The fourth-order valence-corrected chi connectivity index (χ4v) is 3.37. The van der Waals surface area contributed by atoms with Gasteiger partial charge in [0.2, 0.25) is 5.91 Å². The van der Waals surface area contributed by atoms with Gasteiger partial charge in [0.05, 0.1) is 0 Å². The third-order valence-electron chi connectivity index (χ3n) is 5.17. The third-order valence-corrected chi connectivity index (χ3v) is 5.17. The molecule has 1 unspecified atom stereocenters. The SMILES string of the molecule is CNC(=O)C(Cc1ccccc1)N(Cc1ccc(F)cc1)C(=O)COc1ccc(C)cc1. The first-order valence-corrected chi connectivity index (χ1v) is 10.4. The number of hydrogen-bond donors (Lipinski definition) is 1. The zero-order valence-corrected chi connectivity index (χ0v) is 18.3. The molecule has 0 fully saturated rings.